The summed E-state index contributed by atoms with van der Waals surface area (Å²) in [6.45, 7) is 5.58. The van der Waals surface area contributed by atoms with Crippen molar-refractivity contribution >= 4 is 23.0 Å². The van der Waals surface area contributed by atoms with Crippen molar-refractivity contribution in [3.05, 3.63) is 18.2 Å². The lowest BCUT2D eigenvalue weighted by Gasteiger charge is -2.19. The minimum Gasteiger partial charge on any atom is -0.397 e. The van der Waals surface area contributed by atoms with Gasteiger partial charge in [0.2, 0.25) is 5.91 Å². The van der Waals surface area contributed by atoms with Crippen molar-refractivity contribution in [3.8, 4) is 0 Å². The van der Waals surface area contributed by atoms with Gasteiger partial charge in [0.15, 0.2) is 0 Å². The number of hydrogen-bond acceptors (Lipinski definition) is 3. The number of amides is 1. The molecule has 0 radical (unpaired) electrons. The molecule has 0 aromatic heterocycles. The van der Waals surface area contributed by atoms with Gasteiger partial charge >= 0.3 is 0 Å². The SMILES string of the molecule is CNc1ccc(N)c(NC(=O)C(C)(C)C)c1. The van der Waals surface area contributed by atoms with Crippen molar-refractivity contribution in [2.45, 2.75) is 20.8 Å². The van der Waals surface area contributed by atoms with Gasteiger partial charge in [-0.2, -0.15) is 0 Å². The second-order valence-electron chi connectivity index (χ2n) is 4.76. The van der Waals surface area contributed by atoms with Crippen LogP contribution in [0, 0.1) is 5.41 Å². The maximum atomic E-state index is 11.8. The van der Waals surface area contributed by atoms with Crippen molar-refractivity contribution < 1.29 is 4.79 Å². The first-order chi connectivity index (χ1) is 7.34. The fraction of sp³-hybridized carbons (Fsp3) is 0.417. The number of nitrogen functional groups attached to an aromatic ring is 1. The lowest BCUT2D eigenvalue weighted by Crippen LogP contribution is -2.28. The molecule has 1 rings (SSSR count). The van der Waals surface area contributed by atoms with Crippen molar-refractivity contribution in [1.29, 1.82) is 0 Å². The zero-order valence-corrected chi connectivity index (χ0v) is 10.2. The monoisotopic (exact) mass is 221 g/mol. The van der Waals surface area contributed by atoms with E-state index in [2.05, 4.69) is 10.6 Å². The second kappa shape index (κ2) is 4.43. The van der Waals surface area contributed by atoms with Crippen molar-refractivity contribution in [2.75, 3.05) is 23.4 Å². The molecule has 0 unspecified atom stereocenters. The van der Waals surface area contributed by atoms with E-state index in [-0.39, 0.29) is 5.91 Å². The molecule has 0 bridgehead atoms. The molecule has 0 heterocycles. The van der Waals surface area contributed by atoms with Crippen LogP contribution in [0.2, 0.25) is 0 Å². The average molecular weight is 221 g/mol. The quantitative estimate of drug-likeness (QED) is 0.671. The third kappa shape index (κ3) is 2.89. The summed E-state index contributed by atoms with van der Waals surface area (Å²) in [5.41, 5.74) is 7.49. The summed E-state index contributed by atoms with van der Waals surface area (Å²) in [7, 11) is 1.82. The Morgan fingerprint density at radius 3 is 2.44 bits per heavy atom. The van der Waals surface area contributed by atoms with Gasteiger partial charge in [-0.15, -0.1) is 0 Å². The first-order valence-electron chi connectivity index (χ1n) is 5.23. The molecule has 0 saturated heterocycles. The molecular weight excluding hydrogens is 202 g/mol. The van der Waals surface area contributed by atoms with Gasteiger partial charge in [0, 0.05) is 18.2 Å². The zero-order chi connectivity index (χ0) is 12.3. The maximum Gasteiger partial charge on any atom is 0.229 e. The number of nitrogens with two attached hydrogens (primary N) is 1. The summed E-state index contributed by atoms with van der Waals surface area (Å²) in [4.78, 5) is 11.8. The average Bonchev–Trinajstić information content (AvgIpc) is 2.19. The van der Waals surface area contributed by atoms with Crippen LogP contribution in [0.5, 0.6) is 0 Å². The molecule has 4 N–H and O–H groups in total. The molecule has 16 heavy (non-hydrogen) atoms. The summed E-state index contributed by atoms with van der Waals surface area (Å²) in [5.74, 6) is -0.0487. The number of hydrogen-bond donors (Lipinski definition) is 3. The predicted octanol–water partition coefficient (Wildman–Crippen LogP) is 2.30. The van der Waals surface area contributed by atoms with Crippen LogP contribution < -0.4 is 16.4 Å². The van der Waals surface area contributed by atoms with Crippen molar-refractivity contribution in [3.63, 3.8) is 0 Å². The molecule has 1 amide bonds. The molecule has 0 aliphatic carbocycles. The number of nitrogens with one attached hydrogen (secondary N) is 2. The van der Waals surface area contributed by atoms with Gasteiger partial charge in [-0.3, -0.25) is 4.79 Å². The van der Waals surface area contributed by atoms with Crippen LogP contribution in [0.3, 0.4) is 0 Å². The summed E-state index contributed by atoms with van der Waals surface area (Å²) in [6, 6.07) is 5.45. The van der Waals surface area contributed by atoms with E-state index in [1.807, 2.05) is 40.0 Å². The molecular formula is C12H19N3O. The van der Waals surface area contributed by atoms with Gasteiger partial charge < -0.3 is 16.4 Å². The first kappa shape index (κ1) is 12.4. The molecule has 0 fully saturated rings. The minimum atomic E-state index is -0.428. The fourth-order valence-corrected chi connectivity index (χ4v) is 1.13. The molecule has 4 heteroatoms. The molecule has 0 atom stereocenters. The largest absolute Gasteiger partial charge is 0.397 e. The summed E-state index contributed by atoms with van der Waals surface area (Å²) >= 11 is 0. The number of carbonyl (C=O) groups excluding carboxylic acids is 1. The Hall–Kier alpha value is -1.71. The Balaban J connectivity index is 2.92. The van der Waals surface area contributed by atoms with E-state index < -0.39 is 5.41 Å². The van der Waals surface area contributed by atoms with E-state index >= 15 is 0 Å². The molecule has 88 valence electrons. The molecule has 1 aromatic rings. The number of anilines is 3. The summed E-state index contributed by atoms with van der Waals surface area (Å²) in [5, 5.41) is 5.82. The molecule has 0 spiro atoms. The van der Waals surface area contributed by atoms with Crippen molar-refractivity contribution in [2.24, 2.45) is 5.41 Å². The number of carbonyl (C=O) groups is 1. The Morgan fingerprint density at radius 2 is 1.94 bits per heavy atom. The Morgan fingerprint density at radius 1 is 1.31 bits per heavy atom. The first-order valence-corrected chi connectivity index (χ1v) is 5.23. The molecule has 1 aromatic carbocycles. The highest BCUT2D eigenvalue weighted by Gasteiger charge is 2.21. The zero-order valence-electron chi connectivity index (χ0n) is 10.2. The van der Waals surface area contributed by atoms with E-state index in [1.54, 1.807) is 6.07 Å². The molecule has 4 nitrogen and oxygen atoms in total. The summed E-state index contributed by atoms with van der Waals surface area (Å²) < 4.78 is 0. The van der Waals surface area contributed by atoms with Gasteiger partial charge in [0.05, 0.1) is 11.4 Å². The van der Waals surface area contributed by atoms with Gasteiger partial charge in [0.1, 0.15) is 0 Å². The van der Waals surface area contributed by atoms with Crippen molar-refractivity contribution in [1.82, 2.24) is 0 Å². The highest BCUT2D eigenvalue weighted by atomic mass is 16.2. The Kier molecular flexibility index (Phi) is 3.42. The Labute approximate surface area is 96.2 Å². The van der Waals surface area contributed by atoms with Crippen LogP contribution in [0.4, 0.5) is 17.1 Å². The van der Waals surface area contributed by atoms with Gasteiger partial charge in [0.25, 0.3) is 0 Å². The number of benzene rings is 1. The third-order valence-corrected chi connectivity index (χ3v) is 2.27. The predicted molar refractivity (Wildman–Crippen MR) is 68.5 cm³/mol. The van der Waals surface area contributed by atoms with Crippen LogP contribution in [0.15, 0.2) is 18.2 Å². The van der Waals surface area contributed by atoms with E-state index in [9.17, 15) is 4.79 Å². The fourth-order valence-electron chi connectivity index (χ4n) is 1.13. The highest BCUT2D eigenvalue weighted by Crippen LogP contribution is 2.25. The standard InChI is InChI=1S/C12H19N3O/c1-12(2,3)11(16)15-10-7-8(14-4)5-6-9(10)13/h5-7,14H,13H2,1-4H3,(H,15,16). The van der Waals surface area contributed by atoms with Crippen LogP contribution >= 0.6 is 0 Å². The maximum absolute atomic E-state index is 11.8. The van der Waals surface area contributed by atoms with E-state index in [1.165, 1.54) is 0 Å². The second-order valence-corrected chi connectivity index (χ2v) is 4.76. The molecule has 0 saturated carbocycles. The minimum absolute atomic E-state index is 0.0487. The van der Waals surface area contributed by atoms with Gasteiger partial charge in [-0.1, -0.05) is 20.8 Å². The smallest absolute Gasteiger partial charge is 0.229 e. The van der Waals surface area contributed by atoms with Gasteiger partial charge in [-0.25, -0.2) is 0 Å². The van der Waals surface area contributed by atoms with Crippen LogP contribution in [-0.4, -0.2) is 13.0 Å². The third-order valence-electron chi connectivity index (χ3n) is 2.27. The Bertz CT molecular complexity index is 394. The van der Waals surface area contributed by atoms with E-state index in [0.29, 0.717) is 11.4 Å². The van der Waals surface area contributed by atoms with E-state index in [0.717, 1.165) is 5.69 Å². The topological polar surface area (TPSA) is 67.2 Å². The normalized spacial score (nSPS) is 11.0. The lowest BCUT2D eigenvalue weighted by atomic mass is 9.95. The molecule has 0 aliphatic heterocycles. The summed E-state index contributed by atoms with van der Waals surface area (Å²) in [6.07, 6.45) is 0. The van der Waals surface area contributed by atoms with Crippen LogP contribution in [0.1, 0.15) is 20.8 Å². The van der Waals surface area contributed by atoms with E-state index in [4.69, 9.17) is 5.73 Å². The van der Waals surface area contributed by atoms with Crippen LogP contribution in [-0.2, 0) is 4.79 Å². The number of rotatable bonds is 2. The lowest BCUT2D eigenvalue weighted by molar-refractivity contribution is -0.123. The van der Waals surface area contributed by atoms with Crippen LogP contribution in [0.25, 0.3) is 0 Å². The van der Waals surface area contributed by atoms with Gasteiger partial charge in [-0.05, 0) is 18.2 Å². The highest BCUT2D eigenvalue weighted by molar-refractivity contribution is 5.97. The molecule has 0 aliphatic rings.